The molecule has 1 heterocycles. The summed E-state index contributed by atoms with van der Waals surface area (Å²) in [5.41, 5.74) is 8.27. The second-order valence-electron chi connectivity index (χ2n) is 6.96. The summed E-state index contributed by atoms with van der Waals surface area (Å²) in [7, 11) is -0.827. The SMILES string of the molecule is Cc1oc(C(=O)NCC(N)c2ccc(C(C)C)cc2)cc1S(=O)(=O)N(C)C.Cl. The van der Waals surface area contributed by atoms with Crippen molar-refractivity contribution in [2.75, 3.05) is 20.6 Å². The first-order valence-corrected chi connectivity index (χ1v) is 10.1. The van der Waals surface area contributed by atoms with Crippen LogP contribution in [0, 0.1) is 6.92 Å². The minimum Gasteiger partial charge on any atom is -0.455 e. The summed E-state index contributed by atoms with van der Waals surface area (Å²) in [6, 6.07) is 8.81. The lowest BCUT2D eigenvalue weighted by molar-refractivity contribution is 0.0922. The molecular weight excluding hydrogens is 402 g/mol. The maximum Gasteiger partial charge on any atom is 0.287 e. The second-order valence-corrected chi connectivity index (χ2v) is 9.08. The number of amides is 1. The van der Waals surface area contributed by atoms with E-state index < -0.39 is 15.9 Å². The number of carbonyl (C=O) groups is 1. The highest BCUT2D eigenvalue weighted by molar-refractivity contribution is 7.89. The fraction of sp³-hybridized carbons (Fsp3) is 0.421. The number of carbonyl (C=O) groups excluding carboxylic acids is 1. The van der Waals surface area contributed by atoms with Crippen molar-refractivity contribution in [2.45, 2.75) is 37.6 Å². The summed E-state index contributed by atoms with van der Waals surface area (Å²) in [5.74, 6) is 0.0371. The average molecular weight is 430 g/mol. The van der Waals surface area contributed by atoms with Gasteiger partial charge in [-0.25, -0.2) is 12.7 Å². The highest BCUT2D eigenvalue weighted by Crippen LogP contribution is 2.22. The van der Waals surface area contributed by atoms with Gasteiger partial charge < -0.3 is 15.5 Å². The zero-order valence-corrected chi connectivity index (χ0v) is 18.4. The number of hydrogen-bond acceptors (Lipinski definition) is 5. The molecule has 0 radical (unpaired) electrons. The highest BCUT2D eigenvalue weighted by Gasteiger charge is 2.26. The molecule has 1 amide bonds. The van der Waals surface area contributed by atoms with Crippen LogP contribution in [0.25, 0.3) is 0 Å². The van der Waals surface area contributed by atoms with Crippen LogP contribution in [0.5, 0.6) is 0 Å². The fourth-order valence-electron chi connectivity index (χ4n) is 2.57. The Bertz CT molecular complexity index is 906. The molecule has 7 nitrogen and oxygen atoms in total. The quantitative estimate of drug-likeness (QED) is 0.703. The number of rotatable bonds is 7. The number of nitrogens with one attached hydrogen (secondary N) is 1. The van der Waals surface area contributed by atoms with E-state index in [1.807, 2.05) is 24.3 Å². The summed E-state index contributed by atoms with van der Waals surface area (Å²) in [4.78, 5) is 12.3. The zero-order valence-electron chi connectivity index (χ0n) is 16.7. The molecule has 9 heteroatoms. The molecular formula is C19H28ClN3O4S. The van der Waals surface area contributed by atoms with Gasteiger partial charge in [0.15, 0.2) is 5.76 Å². The number of nitrogens with two attached hydrogens (primary N) is 1. The summed E-state index contributed by atoms with van der Waals surface area (Å²) in [6.45, 7) is 5.95. The van der Waals surface area contributed by atoms with E-state index in [1.165, 1.54) is 32.6 Å². The van der Waals surface area contributed by atoms with Gasteiger partial charge in [0, 0.05) is 32.7 Å². The van der Waals surface area contributed by atoms with Crippen molar-refractivity contribution in [1.82, 2.24) is 9.62 Å². The van der Waals surface area contributed by atoms with E-state index in [-0.39, 0.29) is 41.4 Å². The Hall–Kier alpha value is -1.87. The number of furan rings is 1. The third-order valence-electron chi connectivity index (χ3n) is 4.37. The molecule has 0 aliphatic carbocycles. The average Bonchev–Trinajstić information content (AvgIpc) is 3.01. The van der Waals surface area contributed by atoms with E-state index in [1.54, 1.807) is 0 Å². The third kappa shape index (κ3) is 5.35. The minimum absolute atomic E-state index is 0. The standard InChI is InChI=1S/C19H27N3O4S.ClH/c1-12(2)14-6-8-15(9-7-14)16(20)11-21-19(23)17-10-18(13(3)26-17)27(24,25)22(4)5;/h6-10,12,16H,11,20H2,1-5H3,(H,21,23);1H. The molecule has 0 bridgehead atoms. The van der Waals surface area contributed by atoms with Gasteiger partial charge in [0.05, 0.1) is 0 Å². The largest absolute Gasteiger partial charge is 0.455 e. The Kier molecular flexibility index (Phi) is 8.25. The number of nitrogens with zero attached hydrogens (tertiary/aromatic N) is 1. The molecule has 3 N–H and O–H groups in total. The summed E-state index contributed by atoms with van der Waals surface area (Å²) < 4.78 is 30.9. The Morgan fingerprint density at radius 3 is 2.21 bits per heavy atom. The monoisotopic (exact) mass is 429 g/mol. The molecule has 28 heavy (non-hydrogen) atoms. The molecule has 0 fully saturated rings. The number of benzene rings is 1. The molecule has 0 aliphatic heterocycles. The van der Waals surface area contributed by atoms with Gasteiger partial charge in [-0.05, 0) is 24.0 Å². The molecule has 1 unspecified atom stereocenters. The van der Waals surface area contributed by atoms with E-state index in [9.17, 15) is 13.2 Å². The molecule has 1 aromatic carbocycles. The molecule has 156 valence electrons. The topological polar surface area (TPSA) is 106 Å². The third-order valence-corrected chi connectivity index (χ3v) is 6.29. The van der Waals surface area contributed by atoms with Crippen LogP contribution in [0.15, 0.2) is 39.6 Å². The van der Waals surface area contributed by atoms with Crippen LogP contribution in [0.3, 0.4) is 0 Å². The Balaban J connectivity index is 0.00000392. The first-order valence-electron chi connectivity index (χ1n) is 8.70. The van der Waals surface area contributed by atoms with Gasteiger partial charge >= 0.3 is 0 Å². The molecule has 1 atom stereocenters. The summed E-state index contributed by atoms with van der Waals surface area (Å²) >= 11 is 0. The maximum absolute atomic E-state index is 12.3. The van der Waals surface area contributed by atoms with Crippen LogP contribution in [0.1, 0.15) is 53.2 Å². The summed E-state index contributed by atoms with van der Waals surface area (Å²) in [6.07, 6.45) is 0. The van der Waals surface area contributed by atoms with Crippen molar-refractivity contribution < 1.29 is 17.6 Å². The molecule has 1 aromatic heterocycles. The van der Waals surface area contributed by atoms with Crippen LogP contribution in [-0.2, 0) is 10.0 Å². The van der Waals surface area contributed by atoms with Crippen molar-refractivity contribution in [3.05, 3.63) is 53.0 Å². The first kappa shape index (κ1) is 24.2. The first-order chi connectivity index (χ1) is 12.5. The van der Waals surface area contributed by atoms with Crippen molar-refractivity contribution in [2.24, 2.45) is 5.73 Å². The predicted octanol–water partition coefficient (Wildman–Crippen LogP) is 2.81. The van der Waals surface area contributed by atoms with Crippen LogP contribution in [-0.4, -0.2) is 39.3 Å². The van der Waals surface area contributed by atoms with E-state index in [0.717, 1.165) is 9.87 Å². The summed E-state index contributed by atoms with van der Waals surface area (Å²) in [5, 5.41) is 2.69. The lowest BCUT2D eigenvalue weighted by atomic mass is 9.99. The smallest absolute Gasteiger partial charge is 0.287 e. The van der Waals surface area contributed by atoms with E-state index >= 15 is 0 Å². The van der Waals surface area contributed by atoms with Crippen LogP contribution >= 0.6 is 12.4 Å². The Morgan fingerprint density at radius 1 is 1.18 bits per heavy atom. The molecule has 0 saturated heterocycles. The predicted molar refractivity (Wildman–Crippen MR) is 111 cm³/mol. The van der Waals surface area contributed by atoms with Gasteiger partial charge in [-0.15, -0.1) is 12.4 Å². The van der Waals surface area contributed by atoms with Gasteiger partial charge in [0.25, 0.3) is 5.91 Å². The van der Waals surface area contributed by atoms with Crippen LogP contribution in [0.4, 0.5) is 0 Å². The Morgan fingerprint density at radius 2 is 1.71 bits per heavy atom. The lowest BCUT2D eigenvalue weighted by Gasteiger charge is -2.14. The van der Waals surface area contributed by atoms with Crippen LogP contribution in [0.2, 0.25) is 0 Å². The molecule has 0 spiro atoms. The van der Waals surface area contributed by atoms with Gasteiger partial charge in [-0.1, -0.05) is 38.1 Å². The Labute approximate surface area is 172 Å². The van der Waals surface area contributed by atoms with Gasteiger partial charge in [-0.3, -0.25) is 4.79 Å². The van der Waals surface area contributed by atoms with Gasteiger partial charge in [-0.2, -0.15) is 0 Å². The molecule has 0 saturated carbocycles. The highest BCUT2D eigenvalue weighted by atomic mass is 35.5. The van der Waals surface area contributed by atoms with E-state index in [0.29, 0.717) is 5.92 Å². The molecule has 2 rings (SSSR count). The van der Waals surface area contributed by atoms with Gasteiger partial charge in [0.1, 0.15) is 10.7 Å². The normalized spacial score (nSPS) is 12.7. The maximum atomic E-state index is 12.3. The fourth-order valence-corrected chi connectivity index (χ4v) is 3.62. The lowest BCUT2D eigenvalue weighted by Crippen LogP contribution is -2.31. The van der Waals surface area contributed by atoms with Crippen LogP contribution < -0.4 is 11.1 Å². The number of halogens is 1. The number of hydrogen-bond donors (Lipinski definition) is 2. The van der Waals surface area contributed by atoms with Crippen molar-refractivity contribution in [3.63, 3.8) is 0 Å². The minimum atomic E-state index is -3.67. The van der Waals surface area contributed by atoms with Crippen molar-refractivity contribution in [3.8, 4) is 0 Å². The van der Waals surface area contributed by atoms with E-state index in [2.05, 4.69) is 19.2 Å². The molecule has 0 aliphatic rings. The second kappa shape index (κ2) is 9.56. The number of aryl methyl sites for hydroxylation is 1. The van der Waals surface area contributed by atoms with Gasteiger partial charge in [0.2, 0.25) is 10.0 Å². The van der Waals surface area contributed by atoms with Crippen molar-refractivity contribution in [1.29, 1.82) is 0 Å². The zero-order chi connectivity index (χ0) is 20.4. The van der Waals surface area contributed by atoms with E-state index in [4.69, 9.17) is 10.2 Å². The molecule has 2 aromatic rings. The number of sulfonamides is 1. The van der Waals surface area contributed by atoms with Crippen molar-refractivity contribution >= 4 is 28.3 Å².